The van der Waals surface area contributed by atoms with Crippen LogP contribution in [0.3, 0.4) is 0 Å². The van der Waals surface area contributed by atoms with Gasteiger partial charge in [0.1, 0.15) is 0 Å². The molecule has 1 aliphatic heterocycles. The van der Waals surface area contributed by atoms with Crippen LogP contribution in [-0.4, -0.2) is 13.2 Å². The summed E-state index contributed by atoms with van der Waals surface area (Å²) in [5.74, 6) is 0.947. The highest BCUT2D eigenvalue weighted by molar-refractivity contribution is 9.10. The molecule has 3 rings (SSSR count). The minimum Gasteiger partial charge on any atom is -0.454 e. The third-order valence-corrected chi connectivity index (χ3v) is 3.86. The molecule has 0 unspecified atom stereocenters. The molecule has 0 aromatic heterocycles. The van der Waals surface area contributed by atoms with Crippen molar-refractivity contribution in [1.29, 1.82) is 0 Å². The normalized spacial score (nSPS) is 13.0. The molecule has 1 N–H and O–H groups in total. The lowest BCUT2D eigenvalue weighted by atomic mass is 10.2. The van der Waals surface area contributed by atoms with Crippen LogP contribution in [0.2, 0.25) is 0 Å². The van der Waals surface area contributed by atoms with Gasteiger partial charge in [-0.25, -0.2) is 0 Å². The second-order valence-corrected chi connectivity index (χ2v) is 5.55. The maximum atomic E-state index is 12.4. The molecule has 8 heteroatoms. The van der Waals surface area contributed by atoms with Crippen molar-refractivity contribution in [3.63, 3.8) is 0 Å². The van der Waals surface area contributed by atoms with E-state index >= 15 is 0 Å². The molecular weight excluding hydrogens is 379 g/mol. The maximum Gasteiger partial charge on any atom is 0.573 e. The number of fused-ring (bicyclic) bond motifs is 1. The summed E-state index contributed by atoms with van der Waals surface area (Å²) in [6.07, 6.45) is -4.74. The minimum atomic E-state index is -4.74. The predicted molar refractivity (Wildman–Crippen MR) is 80.7 cm³/mol. The molecule has 23 heavy (non-hydrogen) atoms. The Bertz CT molecular complexity index is 722. The number of halogens is 4. The number of ether oxygens (including phenoxy) is 3. The number of benzene rings is 2. The second kappa shape index (κ2) is 6.19. The summed E-state index contributed by atoms with van der Waals surface area (Å²) in [5.41, 5.74) is 1.06. The van der Waals surface area contributed by atoms with Crippen LogP contribution in [0.1, 0.15) is 5.56 Å². The molecule has 0 atom stereocenters. The van der Waals surface area contributed by atoms with Gasteiger partial charge in [-0.1, -0.05) is 28.1 Å². The van der Waals surface area contributed by atoms with E-state index in [2.05, 4.69) is 26.0 Å². The minimum absolute atomic E-state index is 0.154. The van der Waals surface area contributed by atoms with E-state index in [1.807, 2.05) is 0 Å². The first-order valence-electron chi connectivity index (χ1n) is 6.59. The summed E-state index contributed by atoms with van der Waals surface area (Å²) < 4.78 is 52.6. The van der Waals surface area contributed by atoms with Crippen molar-refractivity contribution in [2.75, 3.05) is 12.1 Å². The van der Waals surface area contributed by atoms with E-state index in [4.69, 9.17) is 9.47 Å². The third-order valence-electron chi connectivity index (χ3n) is 3.12. The molecule has 0 amide bonds. The van der Waals surface area contributed by atoms with Gasteiger partial charge >= 0.3 is 6.36 Å². The largest absolute Gasteiger partial charge is 0.573 e. The zero-order chi connectivity index (χ0) is 16.4. The smallest absolute Gasteiger partial charge is 0.454 e. The van der Waals surface area contributed by atoms with Gasteiger partial charge in [0.25, 0.3) is 0 Å². The Hall–Kier alpha value is -2.09. The second-order valence-electron chi connectivity index (χ2n) is 4.69. The lowest BCUT2D eigenvalue weighted by molar-refractivity contribution is -0.274. The molecule has 4 nitrogen and oxygen atoms in total. The molecule has 0 spiro atoms. The summed E-state index contributed by atoms with van der Waals surface area (Å²) in [6, 6.07) is 9.40. The van der Waals surface area contributed by atoms with Crippen LogP contribution in [0.4, 0.5) is 18.9 Å². The summed E-state index contributed by atoms with van der Waals surface area (Å²) in [4.78, 5) is 0. The maximum absolute atomic E-state index is 12.4. The van der Waals surface area contributed by atoms with Crippen LogP contribution in [0.5, 0.6) is 17.2 Å². The molecule has 0 saturated carbocycles. The van der Waals surface area contributed by atoms with Crippen LogP contribution in [0.25, 0.3) is 0 Å². The van der Waals surface area contributed by atoms with Crippen molar-refractivity contribution < 1.29 is 27.4 Å². The Balaban J connectivity index is 1.77. The average Bonchev–Trinajstić information content (AvgIpc) is 2.91. The number of rotatable bonds is 4. The molecular formula is C15H11BrF3NO3. The van der Waals surface area contributed by atoms with Crippen LogP contribution in [0.15, 0.2) is 40.9 Å². The Morgan fingerprint density at radius 3 is 2.57 bits per heavy atom. The molecule has 2 aromatic carbocycles. The van der Waals surface area contributed by atoms with E-state index in [9.17, 15) is 13.2 Å². The number of hydrogen-bond donors (Lipinski definition) is 1. The molecule has 122 valence electrons. The lowest BCUT2D eigenvalue weighted by Gasteiger charge is -2.15. The predicted octanol–water partition coefficient (Wildman–Crippen LogP) is 4.69. The first kappa shape index (κ1) is 15.8. The average molecular weight is 390 g/mol. The molecule has 1 aliphatic rings. The van der Waals surface area contributed by atoms with Gasteiger partial charge in [-0.2, -0.15) is 0 Å². The number of anilines is 1. The van der Waals surface area contributed by atoms with Crippen molar-refractivity contribution in [2.45, 2.75) is 12.9 Å². The van der Waals surface area contributed by atoms with E-state index in [1.54, 1.807) is 18.2 Å². The fourth-order valence-electron chi connectivity index (χ4n) is 2.11. The number of para-hydroxylation sites is 2. The fourth-order valence-corrected chi connectivity index (χ4v) is 2.57. The molecule has 1 heterocycles. The topological polar surface area (TPSA) is 39.7 Å². The van der Waals surface area contributed by atoms with Gasteiger partial charge in [0, 0.05) is 11.0 Å². The summed E-state index contributed by atoms with van der Waals surface area (Å²) in [7, 11) is 0. The van der Waals surface area contributed by atoms with Crippen molar-refractivity contribution in [3.05, 3.63) is 46.4 Å². The van der Waals surface area contributed by atoms with E-state index in [0.29, 0.717) is 11.5 Å². The first-order valence-corrected chi connectivity index (χ1v) is 7.38. The Morgan fingerprint density at radius 1 is 1.13 bits per heavy atom. The quantitative estimate of drug-likeness (QED) is 0.823. The molecule has 0 saturated heterocycles. The van der Waals surface area contributed by atoms with Gasteiger partial charge < -0.3 is 19.5 Å². The Labute approximate surface area is 138 Å². The lowest BCUT2D eigenvalue weighted by Crippen LogP contribution is -2.18. The van der Waals surface area contributed by atoms with Gasteiger partial charge in [-0.3, -0.25) is 0 Å². The van der Waals surface area contributed by atoms with Gasteiger partial charge in [0.15, 0.2) is 17.2 Å². The number of nitrogens with one attached hydrogen (secondary N) is 1. The zero-order valence-electron chi connectivity index (χ0n) is 11.6. The van der Waals surface area contributed by atoms with Crippen LogP contribution in [0, 0.1) is 0 Å². The third kappa shape index (κ3) is 3.82. The van der Waals surface area contributed by atoms with Gasteiger partial charge in [0.2, 0.25) is 6.79 Å². The van der Waals surface area contributed by atoms with Gasteiger partial charge in [0.05, 0.1) is 5.69 Å². The van der Waals surface area contributed by atoms with Crippen LogP contribution < -0.4 is 19.5 Å². The molecule has 0 bridgehead atoms. The summed E-state index contributed by atoms with van der Waals surface area (Å²) in [6.45, 7) is 0.441. The highest BCUT2D eigenvalue weighted by atomic mass is 79.9. The summed E-state index contributed by atoms with van der Waals surface area (Å²) >= 11 is 3.40. The SMILES string of the molecule is FC(F)(F)Oc1ccccc1NCc1cc2c(cc1Br)OCO2. The Morgan fingerprint density at radius 2 is 1.83 bits per heavy atom. The zero-order valence-corrected chi connectivity index (χ0v) is 13.2. The van der Waals surface area contributed by atoms with Crippen molar-refractivity contribution in [1.82, 2.24) is 0 Å². The number of hydrogen-bond acceptors (Lipinski definition) is 4. The van der Waals surface area contributed by atoms with Crippen molar-refractivity contribution in [3.8, 4) is 17.2 Å². The van der Waals surface area contributed by atoms with Crippen molar-refractivity contribution in [2.24, 2.45) is 0 Å². The molecule has 0 fully saturated rings. The van der Waals surface area contributed by atoms with Gasteiger partial charge in [-0.05, 0) is 29.8 Å². The van der Waals surface area contributed by atoms with Crippen LogP contribution >= 0.6 is 15.9 Å². The van der Waals surface area contributed by atoms with E-state index in [0.717, 1.165) is 10.0 Å². The Kier molecular flexibility index (Phi) is 4.25. The molecule has 0 aliphatic carbocycles. The monoisotopic (exact) mass is 389 g/mol. The molecule has 2 aromatic rings. The number of alkyl halides is 3. The van der Waals surface area contributed by atoms with E-state index < -0.39 is 6.36 Å². The van der Waals surface area contributed by atoms with E-state index in [1.165, 1.54) is 18.2 Å². The first-order chi connectivity index (χ1) is 10.9. The summed E-state index contributed by atoms with van der Waals surface area (Å²) in [5, 5.41) is 2.93. The van der Waals surface area contributed by atoms with Crippen LogP contribution in [-0.2, 0) is 6.54 Å². The highest BCUT2D eigenvalue weighted by Gasteiger charge is 2.32. The molecule has 0 radical (unpaired) electrons. The standard InChI is InChI=1S/C15H11BrF3NO3/c16-10-6-14-13(21-8-22-14)5-9(10)7-20-11-3-1-2-4-12(11)23-15(17,18)19/h1-6,20H,7-8H2. The van der Waals surface area contributed by atoms with Gasteiger partial charge in [-0.15, -0.1) is 13.2 Å². The fraction of sp³-hybridized carbons (Fsp3) is 0.200. The van der Waals surface area contributed by atoms with Crippen molar-refractivity contribution >= 4 is 21.6 Å². The highest BCUT2D eigenvalue weighted by Crippen LogP contribution is 2.37. The van der Waals surface area contributed by atoms with E-state index in [-0.39, 0.29) is 24.8 Å².